The van der Waals surface area contributed by atoms with Gasteiger partial charge in [-0.15, -0.1) is 0 Å². The average Bonchev–Trinajstić information content (AvgIpc) is 2.76. The summed E-state index contributed by atoms with van der Waals surface area (Å²) in [5.74, 6) is 2.45. The molecule has 0 unspecified atom stereocenters. The lowest BCUT2D eigenvalue weighted by molar-refractivity contribution is 0.107. The van der Waals surface area contributed by atoms with Crippen LogP contribution in [0.15, 0.2) is 84.9 Å². The molecule has 0 aliphatic carbocycles. The van der Waals surface area contributed by atoms with Crippen molar-refractivity contribution in [3.63, 3.8) is 0 Å². The second kappa shape index (κ2) is 8.57. The van der Waals surface area contributed by atoms with E-state index in [-0.39, 0.29) is 0 Å². The molecule has 148 valence electrons. The summed E-state index contributed by atoms with van der Waals surface area (Å²) in [4.78, 5) is 22.4. The lowest BCUT2D eigenvalue weighted by atomic mass is 10.1. The zero-order valence-corrected chi connectivity index (χ0v) is 17.0. The van der Waals surface area contributed by atoms with Gasteiger partial charge in [0.25, 0.3) is 10.5 Å². The summed E-state index contributed by atoms with van der Waals surface area (Å²) in [6, 6.07) is 24.5. The van der Waals surface area contributed by atoms with Gasteiger partial charge in [0.2, 0.25) is 0 Å². The Balaban J connectivity index is 1.64. The summed E-state index contributed by atoms with van der Waals surface area (Å²) in [6.07, 6.45) is 0. The van der Waals surface area contributed by atoms with Crippen molar-refractivity contribution in [2.75, 3.05) is 0 Å². The van der Waals surface area contributed by atoms with Crippen molar-refractivity contribution in [1.29, 1.82) is 0 Å². The fraction of sp³-hybridized carbons (Fsp3) is 0. The maximum Gasteiger partial charge on any atom is 0.252 e. The molecule has 0 spiro atoms. The van der Waals surface area contributed by atoms with Gasteiger partial charge in [-0.3, -0.25) is 9.59 Å². The number of ether oxygens (including phenoxy) is 2. The summed E-state index contributed by atoms with van der Waals surface area (Å²) in [6.45, 7) is 0. The van der Waals surface area contributed by atoms with Gasteiger partial charge in [0.15, 0.2) is 0 Å². The van der Waals surface area contributed by atoms with Crippen molar-refractivity contribution >= 4 is 44.5 Å². The normalized spacial score (nSPS) is 10.6. The van der Waals surface area contributed by atoms with Gasteiger partial charge in [0.05, 0.1) is 0 Å². The van der Waals surface area contributed by atoms with Gasteiger partial charge in [0, 0.05) is 21.9 Å². The maximum absolute atomic E-state index is 11.2. The van der Waals surface area contributed by atoms with Gasteiger partial charge in [-0.05, 0) is 83.9 Å². The van der Waals surface area contributed by atoms with Crippen LogP contribution in [0.3, 0.4) is 0 Å². The zero-order valence-electron chi connectivity index (χ0n) is 15.5. The van der Waals surface area contributed by atoms with E-state index < -0.39 is 10.5 Å². The number of benzene rings is 4. The smallest absolute Gasteiger partial charge is 0.252 e. The lowest BCUT2D eigenvalue weighted by Crippen LogP contribution is -1.92. The van der Waals surface area contributed by atoms with Gasteiger partial charge in [0.1, 0.15) is 23.0 Å². The Labute approximate surface area is 182 Å². The molecule has 6 heteroatoms. The van der Waals surface area contributed by atoms with Gasteiger partial charge < -0.3 is 9.47 Å². The average molecular weight is 437 g/mol. The number of hydrogen-bond acceptors (Lipinski definition) is 4. The number of fused-ring (bicyclic) bond motifs is 1. The predicted molar refractivity (Wildman–Crippen MR) is 117 cm³/mol. The third-order valence-electron chi connectivity index (χ3n) is 4.46. The van der Waals surface area contributed by atoms with Crippen LogP contribution in [0, 0.1) is 0 Å². The van der Waals surface area contributed by atoms with Gasteiger partial charge in [-0.25, -0.2) is 0 Å². The monoisotopic (exact) mass is 436 g/mol. The molecule has 0 aliphatic heterocycles. The molecule has 30 heavy (non-hydrogen) atoms. The highest BCUT2D eigenvalue weighted by atomic mass is 35.5. The van der Waals surface area contributed by atoms with Crippen LogP contribution in [0.1, 0.15) is 20.7 Å². The van der Waals surface area contributed by atoms with Crippen molar-refractivity contribution in [2.24, 2.45) is 0 Å². The first-order chi connectivity index (χ1) is 14.5. The Hall–Kier alpha value is -3.34. The predicted octanol–water partition coefficient (Wildman–Crippen LogP) is 7.18. The molecule has 4 nitrogen and oxygen atoms in total. The Bertz CT molecular complexity index is 1130. The highest BCUT2D eigenvalue weighted by Crippen LogP contribution is 2.37. The third-order valence-corrected chi connectivity index (χ3v) is 4.90. The van der Waals surface area contributed by atoms with Crippen LogP contribution in [0.2, 0.25) is 0 Å². The fourth-order valence-corrected chi connectivity index (χ4v) is 3.24. The SMILES string of the molecule is O=C(Cl)c1ccc(Oc2ccc(Oc3ccc(C(=O)Cl)cc3)c3ccccc23)cc1. The molecule has 0 amide bonds. The molecule has 0 saturated carbocycles. The van der Waals surface area contributed by atoms with Gasteiger partial charge in [-0.1, -0.05) is 24.3 Å². The number of hydrogen-bond donors (Lipinski definition) is 0. The fourth-order valence-electron chi connectivity index (χ4n) is 2.98. The van der Waals surface area contributed by atoms with Crippen LogP contribution in [0.4, 0.5) is 0 Å². The van der Waals surface area contributed by atoms with Gasteiger partial charge in [-0.2, -0.15) is 0 Å². The molecule has 0 saturated heterocycles. The number of halogens is 2. The van der Waals surface area contributed by atoms with Crippen molar-refractivity contribution < 1.29 is 19.1 Å². The molecule has 0 fully saturated rings. The molecule has 0 radical (unpaired) electrons. The van der Waals surface area contributed by atoms with Crippen LogP contribution < -0.4 is 9.47 Å². The molecule has 0 aromatic heterocycles. The van der Waals surface area contributed by atoms with Gasteiger partial charge >= 0.3 is 0 Å². The molecule has 0 bridgehead atoms. The summed E-state index contributed by atoms with van der Waals surface area (Å²) < 4.78 is 12.0. The second-order valence-electron chi connectivity index (χ2n) is 6.41. The first-order valence-electron chi connectivity index (χ1n) is 8.98. The van der Waals surface area contributed by atoms with Crippen molar-refractivity contribution in [2.45, 2.75) is 0 Å². The van der Waals surface area contributed by atoms with E-state index in [0.29, 0.717) is 34.1 Å². The molecular formula is C24H14Cl2O4. The van der Waals surface area contributed by atoms with E-state index in [0.717, 1.165) is 10.8 Å². The topological polar surface area (TPSA) is 52.6 Å². The first kappa shape index (κ1) is 20.0. The number of carbonyl (C=O) groups is 2. The zero-order chi connectivity index (χ0) is 21.1. The van der Waals surface area contributed by atoms with E-state index in [2.05, 4.69) is 0 Å². The van der Waals surface area contributed by atoms with E-state index in [1.165, 1.54) is 0 Å². The van der Waals surface area contributed by atoms with E-state index in [1.54, 1.807) is 48.5 Å². The van der Waals surface area contributed by atoms with Crippen molar-refractivity contribution in [3.8, 4) is 23.0 Å². The minimum atomic E-state index is -0.517. The summed E-state index contributed by atoms with van der Waals surface area (Å²) >= 11 is 11.0. The Kier molecular flexibility index (Phi) is 5.70. The molecule has 4 aromatic rings. The quantitative estimate of drug-likeness (QED) is 0.300. The van der Waals surface area contributed by atoms with E-state index in [9.17, 15) is 9.59 Å². The van der Waals surface area contributed by atoms with E-state index in [1.807, 2.05) is 36.4 Å². The van der Waals surface area contributed by atoms with Crippen molar-refractivity contribution in [3.05, 3.63) is 96.1 Å². The Morgan fingerprint density at radius 1 is 0.533 bits per heavy atom. The summed E-state index contributed by atoms with van der Waals surface area (Å²) in [5, 5.41) is 0.689. The highest BCUT2D eigenvalue weighted by Gasteiger charge is 2.11. The molecule has 0 heterocycles. The van der Waals surface area contributed by atoms with Crippen LogP contribution in [0.5, 0.6) is 23.0 Å². The third kappa shape index (κ3) is 4.30. The molecule has 4 rings (SSSR count). The number of rotatable bonds is 6. The molecule has 4 aromatic carbocycles. The summed E-state index contributed by atoms with van der Waals surface area (Å²) in [7, 11) is 0. The summed E-state index contributed by atoms with van der Waals surface area (Å²) in [5.41, 5.74) is 0.805. The number of carbonyl (C=O) groups excluding carboxylic acids is 2. The van der Waals surface area contributed by atoms with E-state index in [4.69, 9.17) is 32.7 Å². The molecule has 0 aliphatic rings. The molecular weight excluding hydrogens is 423 g/mol. The largest absolute Gasteiger partial charge is 0.457 e. The van der Waals surface area contributed by atoms with Crippen LogP contribution in [-0.2, 0) is 0 Å². The van der Waals surface area contributed by atoms with Crippen LogP contribution in [-0.4, -0.2) is 10.5 Å². The Morgan fingerprint density at radius 2 is 0.900 bits per heavy atom. The standard InChI is InChI=1S/C24H14Cl2O4/c25-23(27)15-5-9-17(10-6-15)29-21-13-14-22(20-4-2-1-3-19(20)21)30-18-11-7-16(8-12-18)24(26)28/h1-14H. The van der Waals surface area contributed by atoms with Crippen LogP contribution in [0.25, 0.3) is 10.8 Å². The van der Waals surface area contributed by atoms with Crippen molar-refractivity contribution in [1.82, 2.24) is 0 Å². The van der Waals surface area contributed by atoms with E-state index >= 15 is 0 Å². The lowest BCUT2D eigenvalue weighted by Gasteiger charge is -2.13. The minimum absolute atomic E-state index is 0.402. The Morgan fingerprint density at radius 3 is 1.23 bits per heavy atom. The van der Waals surface area contributed by atoms with Crippen LogP contribution >= 0.6 is 23.2 Å². The minimum Gasteiger partial charge on any atom is -0.457 e. The molecule has 0 atom stereocenters. The molecule has 0 N–H and O–H groups in total. The highest BCUT2D eigenvalue weighted by molar-refractivity contribution is 6.68. The second-order valence-corrected chi connectivity index (χ2v) is 7.09. The first-order valence-corrected chi connectivity index (χ1v) is 9.74. The maximum atomic E-state index is 11.2.